The molecule has 0 spiro atoms. The molecule has 4 heteroatoms. The second-order valence-corrected chi connectivity index (χ2v) is 6.00. The number of thiophene rings is 1. The molecule has 0 aliphatic rings. The molecular formula is C15H21NO2S. The Morgan fingerprint density at radius 2 is 2.16 bits per heavy atom. The molecule has 2 rings (SSSR count). The van der Waals surface area contributed by atoms with Crippen LogP contribution in [0.1, 0.15) is 48.6 Å². The number of hydrogen-bond acceptors (Lipinski definition) is 4. The van der Waals surface area contributed by atoms with Gasteiger partial charge in [0.05, 0.1) is 18.4 Å². The van der Waals surface area contributed by atoms with Gasteiger partial charge in [0.1, 0.15) is 5.76 Å². The van der Waals surface area contributed by atoms with E-state index >= 15 is 0 Å². The average Bonchev–Trinajstić information content (AvgIpc) is 2.98. The summed E-state index contributed by atoms with van der Waals surface area (Å²) in [7, 11) is 0. The predicted molar refractivity (Wildman–Crippen MR) is 78.4 cm³/mol. The number of hydrogen-bond donors (Lipinski definition) is 2. The van der Waals surface area contributed by atoms with Gasteiger partial charge in [-0.05, 0) is 50.3 Å². The smallest absolute Gasteiger partial charge is 0.123 e. The van der Waals surface area contributed by atoms with Crippen molar-refractivity contribution in [2.75, 3.05) is 0 Å². The standard InChI is InChI=1S/C15H21NO2S/c1-10-6-7-18-15(10)12(3)16-11(2)9-13(17)14-5-4-8-19-14/h4-8,11-13,16-17H,9H2,1-3H3. The topological polar surface area (TPSA) is 45.4 Å². The molecule has 19 heavy (non-hydrogen) atoms. The van der Waals surface area contributed by atoms with Gasteiger partial charge in [-0.15, -0.1) is 11.3 Å². The maximum absolute atomic E-state index is 10.1. The Labute approximate surface area is 118 Å². The first kappa shape index (κ1) is 14.3. The first-order valence-corrected chi connectivity index (χ1v) is 7.47. The third kappa shape index (κ3) is 3.69. The highest BCUT2D eigenvalue weighted by Gasteiger charge is 2.18. The van der Waals surface area contributed by atoms with E-state index in [1.54, 1.807) is 17.6 Å². The zero-order chi connectivity index (χ0) is 13.8. The minimum atomic E-state index is -0.396. The van der Waals surface area contributed by atoms with Crippen LogP contribution < -0.4 is 5.32 Å². The summed E-state index contributed by atoms with van der Waals surface area (Å²) in [5.41, 5.74) is 1.16. The number of aryl methyl sites for hydroxylation is 1. The zero-order valence-electron chi connectivity index (χ0n) is 11.6. The molecular weight excluding hydrogens is 258 g/mol. The van der Waals surface area contributed by atoms with Gasteiger partial charge in [0.15, 0.2) is 0 Å². The fourth-order valence-electron chi connectivity index (χ4n) is 2.33. The molecule has 2 heterocycles. The monoisotopic (exact) mass is 279 g/mol. The fraction of sp³-hybridized carbons (Fsp3) is 0.467. The molecule has 104 valence electrons. The quantitative estimate of drug-likeness (QED) is 0.845. The van der Waals surface area contributed by atoms with Crippen LogP contribution in [0, 0.1) is 6.92 Å². The van der Waals surface area contributed by atoms with Crippen molar-refractivity contribution < 1.29 is 9.52 Å². The second-order valence-electron chi connectivity index (χ2n) is 5.02. The average molecular weight is 279 g/mol. The van der Waals surface area contributed by atoms with Crippen LogP contribution in [0.3, 0.4) is 0 Å². The number of furan rings is 1. The SMILES string of the molecule is Cc1ccoc1C(C)NC(C)CC(O)c1cccs1. The molecule has 0 bridgehead atoms. The van der Waals surface area contributed by atoms with Crippen molar-refractivity contribution in [2.24, 2.45) is 0 Å². The summed E-state index contributed by atoms with van der Waals surface area (Å²) in [6.07, 6.45) is 2.02. The van der Waals surface area contributed by atoms with Crippen LogP contribution in [0.25, 0.3) is 0 Å². The van der Waals surface area contributed by atoms with Crippen molar-refractivity contribution >= 4 is 11.3 Å². The molecule has 3 unspecified atom stereocenters. The summed E-state index contributed by atoms with van der Waals surface area (Å²) in [5, 5.41) is 15.6. The first-order valence-electron chi connectivity index (χ1n) is 6.59. The molecule has 0 amide bonds. The normalized spacial score (nSPS) is 16.2. The van der Waals surface area contributed by atoms with Crippen molar-refractivity contribution in [3.05, 3.63) is 46.0 Å². The largest absolute Gasteiger partial charge is 0.467 e. The zero-order valence-corrected chi connectivity index (χ0v) is 12.4. The van der Waals surface area contributed by atoms with Gasteiger partial charge >= 0.3 is 0 Å². The van der Waals surface area contributed by atoms with Gasteiger partial charge in [0.2, 0.25) is 0 Å². The summed E-state index contributed by atoms with van der Waals surface area (Å²) >= 11 is 1.60. The first-order chi connectivity index (χ1) is 9.08. The van der Waals surface area contributed by atoms with Gasteiger partial charge in [0, 0.05) is 10.9 Å². The maximum Gasteiger partial charge on any atom is 0.123 e. The number of aliphatic hydroxyl groups excluding tert-OH is 1. The van der Waals surface area contributed by atoms with E-state index in [9.17, 15) is 5.11 Å². The Morgan fingerprint density at radius 3 is 2.74 bits per heavy atom. The maximum atomic E-state index is 10.1. The molecule has 0 aromatic carbocycles. The van der Waals surface area contributed by atoms with Crippen LogP contribution in [-0.4, -0.2) is 11.1 Å². The molecule has 3 atom stereocenters. The summed E-state index contributed by atoms with van der Waals surface area (Å²) in [6.45, 7) is 6.22. The van der Waals surface area contributed by atoms with Gasteiger partial charge in [-0.3, -0.25) is 0 Å². The lowest BCUT2D eigenvalue weighted by atomic mass is 10.1. The third-order valence-corrected chi connectivity index (χ3v) is 4.25. The molecule has 0 radical (unpaired) electrons. The highest BCUT2D eigenvalue weighted by molar-refractivity contribution is 7.10. The Hall–Kier alpha value is -1.10. The van der Waals surface area contributed by atoms with Gasteiger partial charge in [-0.1, -0.05) is 6.07 Å². The number of aliphatic hydroxyl groups is 1. The highest BCUT2D eigenvalue weighted by Crippen LogP contribution is 2.24. The van der Waals surface area contributed by atoms with E-state index in [-0.39, 0.29) is 12.1 Å². The van der Waals surface area contributed by atoms with E-state index < -0.39 is 6.10 Å². The Morgan fingerprint density at radius 1 is 1.37 bits per heavy atom. The van der Waals surface area contributed by atoms with Crippen molar-refractivity contribution in [1.82, 2.24) is 5.32 Å². The summed E-state index contributed by atoms with van der Waals surface area (Å²) in [6, 6.07) is 6.29. The third-order valence-electron chi connectivity index (χ3n) is 3.28. The van der Waals surface area contributed by atoms with Crippen LogP contribution in [-0.2, 0) is 0 Å². The van der Waals surface area contributed by atoms with E-state index in [1.807, 2.05) is 30.5 Å². The Balaban J connectivity index is 1.87. The van der Waals surface area contributed by atoms with Gasteiger partial charge in [0.25, 0.3) is 0 Å². The van der Waals surface area contributed by atoms with E-state index in [1.165, 1.54) is 0 Å². The lowest BCUT2D eigenvalue weighted by molar-refractivity contribution is 0.154. The molecule has 0 aliphatic heterocycles. The fourth-order valence-corrected chi connectivity index (χ4v) is 3.06. The van der Waals surface area contributed by atoms with E-state index in [0.29, 0.717) is 6.42 Å². The second kappa shape index (κ2) is 6.37. The van der Waals surface area contributed by atoms with Crippen molar-refractivity contribution in [2.45, 2.75) is 45.4 Å². The molecule has 2 aromatic heterocycles. The van der Waals surface area contributed by atoms with Crippen LogP contribution >= 0.6 is 11.3 Å². The molecule has 0 aliphatic carbocycles. The lowest BCUT2D eigenvalue weighted by Gasteiger charge is -2.21. The lowest BCUT2D eigenvalue weighted by Crippen LogP contribution is -2.30. The summed E-state index contributed by atoms with van der Waals surface area (Å²) in [4.78, 5) is 1.02. The van der Waals surface area contributed by atoms with Gasteiger partial charge < -0.3 is 14.8 Å². The Bertz CT molecular complexity index is 492. The van der Waals surface area contributed by atoms with Crippen molar-refractivity contribution in [3.8, 4) is 0 Å². The van der Waals surface area contributed by atoms with E-state index in [0.717, 1.165) is 16.2 Å². The molecule has 0 fully saturated rings. The van der Waals surface area contributed by atoms with E-state index in [4.69, 9.17) is 4.42 Å². The number of rotatable bonds is 6. The van der Waals surface area contributed by atoms with Gasteiger partial charge in [-0.25, -0.2) is 0 Å². The minimum Gasteiger partial charge on any atom is -0.467 e. The molecule has 2 aromatic rings. The van der Waals surface area contributed by atoms with Gasteiger partial charge in [-0.2, -0.15) is 0 Å². The molecule has 0 saturated heterocycles. The predicted octanol–water partition coefficient (Wildman–Crippen LogP) is 3.81. The van der Waals surface area contributed by atoms with Crippen LogP contribution in [0.5, 0.6) is 0 Å². The molecule has 0 saturated carbocycles. The molecule has 3 nitrogen and oxygen atoms in total. The summed E-state index contributed by atoms with van der Waals surface area (Å²) in [5.74, 6) is 0.970. The highest BCUT2D eigenvalue weighted by atomic mass is 32.1. The summed E-state index contributed by atoms with van der Waals surface area (Å²) < 4.78 is 5.48. The van der Waals surface area contributed by atoms with Crippen molar-refractivity contribution in [1.29, 1.82) is 0 Å². The Kier molecular flexibility index (Phi) is 4.80. The van der Waals surface area contributed by atoms with Crippen molar-refractivity contribution in [3.63, 3.8) is 0 Å². The van der Waals surface area contributed by atoms with E-state index in [2.05, 4.69) is 19.2 Å². The van der Waals surface area contributed by atoms with Crippen LogP contribution in [0.15, 0.2) is 34.3 Å². The minimum absolute atomic E-state index is 0.153. The van der Waals surface area contributed by atoms with Crippen LogP contribution in [0.2, 0.25) is 0 Å². The molecule has 2 N–H and O–H groups in total. The number of nitrogens with one attached hydrogen (secondary N) is 1. The van der Waals surface area contributed by atoms with Crippen LogP contribution in [0.4, 0.5) is 0 Å².